The van der Waals surface area contributed by atoms with Gasteiger partial charge < -0.3 is 14.8 Å². The summed E-state index contributed by atoms with van der Waals surface area (Å²) in [6.45, 7) is 7.38. The zero-order chi connectivity index (χ0) is 27.2. The van der Waals surface area contributed by atoms with E-state index in [0.717, 1.165) is 25.2 Å². The number of para-hydroxylation sites is 1. The minimum Gasteiger partial charge on any atom is -0.343 e. The molecule has 4 heteroatoms. The molecule has 2 heterocycles. The number of rotatable bonds is 10. The number of likely N-dealkylation sites (tertiary alicyclic amines) is 1. The molecule has 4 aromatic rings. The first-order chi connectivity index (χ1) is 19.0. The fraction of sp³-hybridized carbons (Fsp3) is 0.400. The van der Waals surface area contributed by atoms with Crippen molar-refractivity contribution in [2.24, 2.45) is 13.0 Å². The molecule has 0 radical (unpaired) electrons. The molecule has 1 aromatic heterocycles. The van der Waals surface area contributed by atoms with Crippen molar-refractivity contribution in [3.63, 3.8) is 0 Å². The van der Waals surface area contributed by atoms with Crippen molar-refractivity contribution in [3.8, 4) is 11.3 Å². The van der Waals surface area contributed by atoms with Crippen LogP contribution in [0.5, 0.6) is 0 Å². The van der Waals surface area contributed by atoms with Gasteiger partial charge in [-0.15, -0.1) is 0 Å². The Hall–Kier alpha value is -3.37. The predicted molar refractivity (Wildman–Crippen MR) is 164 cm³/mol. The van der Waals surface area contributed by atoms with E-state index in [1.165, 1.54) is 71.9 Å². The lowest BCUT2D eigenvalue weighted by Crippen LogP contribution is -2.33. The van der Waals surface area contributed by atoms with Gasteiger partial charge in [-0.25, -0.2) is 0 Å². The molecule has 0 bridgehead atoms. The predicted octanol–water partition coefficient (Wildman–Crippen LogP) is 8.03. The summed E-state index contributed by atoms with van der Waals surface area (Å²) < 4.78 is 2.37. The maximum Gasteiger partial charge on any atom is 0.226 e. The first-order valence-electron chi connectivity index (χ1n) is 14.8. The number of carbonyl (C=O) groups excluding carboxylic acids is 1. The van der Waals surface area contributed by atoms with Crippen LogP contribution in [0, 0.1) is 5.92 Å². The zero-order valence-corrected chi connectivity index (χ0v) is 23.8. The first-order valence-corrected chi connectivity index (χ1v) is 14.8. The Labute approximate surface area is 234 Å². The van der Waals surface area contributed by atoms with Crippen LogP contribution in [-0.4, -0.2) is 35.0 Å². The maximum absolute atomic E-state index is 12.1. The van der Waals surface area contributed by atoms with E-state index in [2.05, 4.69) is 94.6 Å². The van der Waals surface area contributed by atoms with Crippen molar-refractivity contribution in [3.05, 3.63) is 90.0 Å². The summed E-state index contributed by atoms with van der Waals surface area (Å²) in [4.78, 5) is 14.7. The van der Waals surface area contributed by atoms with E-state index < -0.39 is 0 Å². The van der Waals surface area contributed by atoms with Gasteiger partial charge in [-0.2, -0.15) is 0 Å². The van der Waals surface area contributed by atoms with Gasteiger partial charge in [-0.1, -0.05) is 80.9 Å². The van der Waals surface area contributed by atoms with Gasteiger partial charge in [0.15, 0.2) is 0 Å². The van der Waals surface area contributed by atoms with Crippen LogP contribution in [0.15, 0.2) is 78.9 Å². The normalized spacial score (nSPS) is 14.8. The average molecular weight is 522 g/mol. The Morgan fingerprint density at radius 3 is 2.41 bits per heavy atom. The molecule has 0 unspecified atom stereocenters. The van der Waals surface area contributed by atoms with Crippen LogP contribution >= 0.6 is 0 Å². The van der Waals surface area contributed by atoms with Crippen LogP contribution in [0.4, 0.5) is 5.69 Å². The van der Waals surface area contributed by atoms with Crippen LogP contribution in [-0.2, 0) is 18.3 Å². The summed E-state index contributed by atoms with van der Waals surface area (Å²) in [6.07, 6.45) is 7.24. The minimum absolute atomic E-state index is 0.00477. The average Bonchev–Trinajstić information content (AvgIpc) is 3.25. The Kier molecular flexibility index (Phi) is 8.83. The molecule has 0 aliphatic carbocycles. The topological polar surface area (TPSA) is 37.3 Å². The van der Waals surface area contributed by atoms with E-state index in [0.29, 0.717) is 5.92 Å². The summed E-state index contributed by atoms with van der Waals surface area (Å²) in [6, 6.07) is 28.2. The van der Waals surface area contributed by atoms with Crippen molar-refractivity contribution in [1.82, 2.24) is 9.47 Å². The second-order valence-electron chi connectivity index (χ2n) is 11.5. The lowest BCUT2D eigenvalue weighted by atomic mass is 9.89. The molecular weight excluding hydrogens is 478 g/mol. The molecule has 1 aliphatic heterocycles. The zero-order valence-electron chi connectivity index (χ0n) is 23.8. The molecule has 1 amide bonds. The number of aromatic nitrogens is 1. The largest absolute Gasteiger partial charge is 0.343 e. The Balaban J connectivity index is 1.11. The fourth-order valence-corrected chi connectivity index (χ4v) is 6.15. The van der Waals surface area contributed by atoms with Crippen molar-refractivity contribution in [2.45, 2.75) is 58.3 Å². The maximum atomic E-state index is 12.1. The van der Waals surface area contributed by atoms with E-state index in [1.807, 2.05) is 19.9 Å². The second-order valence-corrected chi connectivity index (χ2v) is 11.5. The number of amides is 1. The molecule has 204 valence electrons. The monoisotopic (exact) mass is 521 g/mol. The number of unbranched alkanes of at least 4 members (excludes halogenated alkanes) is 2. The Bertz CT molecular complexity index is 1380. The summed E-state index contributed by atoms with van der Waals surface area (Å²) in [5.41, 5.74) is 7.78. The minimum atomic E-state index is -0.00477. The van der Waals surface area contributed by atoms with Gasteiger partial charge in [-0.05, 0) is 92.5 Å². The molecule has 1 fully saturated rings. The third-order valence-corrected chi connectivity index (χ3v) is 8.40. The number of fused-ring (bicyclic) bond motifs is 1. The number of hydrogen-bond donors (Lipinski definition) is 1. The summed E-state index contributed by atoms with van der Waals surface area (Å²) in [5, 5.41) is 4.45. The molecule has 5 rings (SSSR count). The van der Waals surface area contributed by atoms with Crippen molar-refractivity contribution < 1.29 is 4.79 Å². The van der Waals surface area contributed by atoms with Crippen molar-refractivity contribution in [1.29, 1.82) is 0 Å². The van der Waals surface area contributed by atoms with Crippen LogP contribution < -0.4 is 5.32 Å². The highest BCUT2D eigenvalue weighted by molar-refractivity contribution is 5.92. The smallest absolute Gasteiger partial charge is 0.226 e. The molecule has 1 saturated heterocycles. The van der Waals surface area contributed by atoms with Gasteiger partial charge >= 0.3 is 0 Å². The lowest BCUT2D eigenvalue weighted by molar-refractivity contribution is -0.118. The number of piperidine rings is 1. The van der Waals surface area contributed by atoms with E-state index >= 15 is 0 Å². The third-order valence-electron chi connectivity index (χ3n) is 8.40. The highest BCUT2D eigenvalue weighted by atomic mass is 16.1. The van der Waals surface area contributed by atoms with Gasteiger partial charge in [0.2, 0.25) is 5.91 Å². The van der Waals surface area contributed by atoms with Gasteiger partial charge in [0, 0.05) is 29.6 Å². The Morgan fingerprint density at radius 1 is 0.897 bits per heavy atom. The van der Waals surface area contributed by atoms with Gasteiger partial charge in [0.25, 0.3) is 0 Å². The number of nitrogens with one attached hydrogen (secondary N) is 1. The van der Waals surface area contributed by atoms with Gasteiger partial charge in [0.1, 0.15) is 0 Å². The molecule has 3 aromatic carbocycles. The molecule has 1 aliphatic rings. The summed E-state index contributed by atoms with van der Waals surface area (Å²) in [7, 11) is 2.20. The van der Waals surface area contributed by atoms with Gasteiger partial charge in [0.05, 0.1) is 5.69 Å². The lowest BCUT2D eigenvalue weighted by Gasteiger charge is -2.32. The number of nitrogens with zero attached hydrogens (tertiary/aromatic N) is 2. The quantitative estimate of drug-likeness (QED) is 0.215. The third kappa shape index (κ3) is 6.45. The number of aryl methyl sites for hydroxylation is 2. The van der Waals surface area contributed by atoms with E-state index in [4.69, 9.17) is 0 Å². The molecular formula is C35H43N3O. The highest BCUT2D eigenvalue weighted by Gasteiger charge is 2.21. The SMILES string of the molecule is CC(C)C(=O)Nc1cccc(C2CCN(CCCCCc3c(-c4ccccc4)n(C)c4ccccc34)CC2)c1. The number of carbonyl (C=O) groups is 1. The molecule has 0 atom stereocenters. The van der Waals surface area contributed by atoms with E-state index in [9.17, 15) is 4.79 Å². The number of benzene rings is 3. The van der Waals surface area contributed by atoms with E-state index in [-0.39, 0.29) is 11.8 Å². The van der Waals surface area contributed by atoms with Crippen LogP contribution in [0.3, 0.4) is 0 Å². The standard InChI is InChI=1S/C35H43N3O/c1-26(2)35(39)36-30-16-12-15-29(25-30)27-20-23-38(24-21-27)22-11-5-8-18-32-31-17-9-10-19-33(31)37(3)34(32)28-13-6-4-7-14-28/h4,6-7,9-10,12-17,19,25-27H,5,8,11,18,20-24H2,1-3H3,(H,36,39). The van der Waals surface area contributed by atoms with Crippen molar-refractivity contribution >= 4 is 22.5 Å². The number of anilines is 1. The van der Waals surface area contributed by atoms with Gasteiger partial charge in [-0.3, -0.25) is 4.79 Å². The second kappa shape index (κ2) is 12.7. The fourth-order valence-electron chi connectivity index (χ4n) is 6.15. The molecule has 0 saturated carbocycles. The van der Waals surface area contributed by atoms with Crippen LogP contribution in [0.2, 0.25) is 0 Å². The van der Waals surface area contributed by atoms with Crippen LogP contribution in [0.25, 0.3) is 22.2 Å². The van der Waals surface area contributed by atoms with Crippen molar-refractivity contribution in [2.75, 3.05) is 25.0 Å². The highest BCUT2D eigenvalue weighted by Crippen LogP contribution is 2.34. The summed E-state index contributed by atoms with van der Waals surface area (Å²) in [5.74, 6) is 0.661. The number of hydrogen-bond acceptors (Lipinski definition) is 2. The molecule has 4 nitrogen and oxygen atoms in total. The molecule has 39 heavy (non-hydrogen) atoms. The molecule has 1 N–H and O–H groups in total. The van der Waals surface area contributed by atoms with E-state index in [1.54, 1.807) is 0 Å². The summed E-state index contributed by atoms with van der Waals surface area (Å²) >= 11 is 0. The Morgan fingerprint density at radius 2 is 1.64 bits per heavy atom. The molecule has 0 spiro atoms. The first kappa shape index (κ1) is 27.2. The van der Waals surface area contributed by atoms with Crippen LogP contribution in [0.1, 0.15) is 63.0 Å².